The second-order valence-corrected chi connectivity index (χ2v) is 10.4. The number of nitriles is 1. The van der Waals surface area contributed by atoms with Gasteiger partial charge >= 0.3 is 0 Å². The Labute approximate surface area is 234 Å². The first-order chi connectivity index (χ1) is 15.9. The first-order valence-corrected chi connectivity index (χ1v) is 13.2. The van der Waals surface area contributed by atoms with Crippen molar-refractivity contribution in [2.75, 3.05) is 11.9 Å². The van der Waals surface area contributed by atoms with Crippen molar-refractivity contribution in [1.82, 2.24) is 0 Å². The van der Waals surface area contributed by atoms with Crippen LogP contribution in [-0.4, -0.2) is 12.5 Å². The molecule has 0 saturated heterocycles. The first kappa shape index (κ1) is 25.8. The molecule has 0 spiro atoms. The van der Waals surface area contributed by atoms with E-state index in [1.807, 2.05) is 55.5 Å². The molecule has 0 radical (unpaired) electrons. The molecule has 0 unspecified atom stereocenters. The number of hydrogen-bond donors (Lipinski definition) is 1. The summed E-state index contributed by atoms with van der Waals surface area (Å²) in [6.45, 7) is 2.89. The van der Waals surface area contributed by atoms with E-state index in [2.05, 4.69) is 73.1 Å². The van der Waals surface area contributed by atoms with Gasteiger partial charge in [-0.2, -0.15) is 5.26 Å². The summed E-state index contributed by atoms with van der Waals surface area (Å²) in [4.78, 5) is 12.7. The Morgan fingerprint density at radius 1 is 1.03 bits per heavy atom. The van der Waals surface area contributed by atoms with Gasteiger partial charge in [-0.15, -0.1) is 0 Å². The smallest absolute Gasteiger partial charge is 0.266 e. The molecule has 168 valence electrons. The highest BCUT2D eigenvalue weighted by molar-refractivity contribution is 14.1. The molecule has 5 nitrogen and oxygen atoms in total. The van der Waals surface area contributed by atoms with Gasteiger partial charge in [0.05, 0.1) is 13.7 Å². The van der Waals surface area contributed by atoms with Gasteiger partial charge in [0.1, 0.15) is 29.7 Å². The molecule has 0 aromatic heterocycles. The molecule has 0 atom stereocenters. The Morgan fingerprint density at radius 2 is 1.73 bits per heavy atom. The summed E-state index contributed by atoms with van der Waals surface area (Å²) in [5.41, 5.74) is 2.41. The van der Waals surface area contributed by atoms with Crippen molar-refractivity contribution >= 4 is 85.4 Å². The third-order valence-electron chi connectivity index (χ3n) is 4.40. The van der Waals surface area contributed by atoms with E-state index in [4.69, 9.17) is 9.47 Å². The molecule has 1 amide bonds. The third-order valence-corrected chi connectivity index (χ3v) is 6.72. The monoisotopic (exact) mass is 776 g/mol. The average Bonchev–Trinajstić information content (AvgIpc) is 2.78. The molecule has 0 fully saturated rings. The topological polar surface area (TPSA) is 71.3 Å². The molecule has 8 heteroatoms. The lowest BCUT2D eigenvalue weighted by atomic mass is 10.1. The number of hydrogen-bond acceptors (Lipinski definition) is 4. The van der Waals surface area contributed by atoms with Crippen LogP contribution in [0.5, 0.6) is 11.5 Å². The van der Waals surface area contributed by atoms with Gasteiger partial charge in [-0.1, -0.05) is 18.2 Å². The van der Waals surface area contributed by atoms with E-state index in [-0.39, 0.29) is 5.57 Å². The van der Waals surface area contributed by atoms with Crippen molar-refractivity contribution < 1.29 is 14.3 Å². The normalized spacial score (nSPS) is 10.9. The van der Waals surface area contributed by atoms with Crippen LogP contribution in [0, 0.1) is 22.0 Å². The summed E-state index contributed by atoms with van der Waals surface area (Å²) >= 11 is 6.69. The van der Waals surface area contributed by atoms with Crippen molar-refractivity contribution in [3.05, 3.63) is 88.1 Å². The Kier molecular flexibility index (Phi) is 9.81. The molecule has 0 aliphatic heterocycles. The summed E-state index contributed by atoms with van der Waals surface area (Å²) in [5.74, 6) is 0.959. The molecule has 0 saturated carbocycles. The van der Waals surface area contributed by atoms with Crippen LogP contribution in [0.1, 0.15) is 18.1 Å². The fraction of sp³-hybridized carbons (Fsp3) is 0.120. The van der Waals surface area contributed by atoms with Crippen molar-refractivity contribution in [3.63, 3.8) is 0 Å². The number of halogens is 3. The van der Waals surface area contributed by atoms with Gasteiger partial charge < -0.3 is 14.8 Å². The Morgan fingerprint density at radius 3 is 2.36 bits per heavy atom. The standard InChI is InChI=1S/C25H19I3N2O3/c1-2-32-21-5-3-4-20(13-21)30-25(31)18(14-29)10-17-11-22(27)24(23(28)12-17)33-15-16-6-8-19(26)9-7-16/h3-13H,2,15H2,1H3,(H,30,31)/b18-10-. The van der Waals surface area contributed by atoms with Gasteiger partial charge in [-0.3, -0.25) is 4.79 Å². The third kappa shape index (κ3) is 7.58. The van der Waals surface area contributed by atoms with Crippen molar-refractivity contribution in [2.24, 2.45) is 0 Å². The summed E-state index contributed by atoms with van der Waals surface area (Å²) in [6.07, 6.45) is 1.58. The average molecular weight is 776 g/mol. The van der Waals surface area contributed by atoms with Crippen LogP contribution in [0.3, 0.4) is 0 Å². The SMILES string of the molecule is CCOc1cccc(NC(=O)/C(C#N)=C\c2cc(I)c(OCc3ccc(I)cc3)c(I)c2)c1. The minimum Gasteiger partial charge on any atom is -0.494 e. The molecule has 3 aromatic carbocycles. The maximum atomic E-state index is 12.7. The number of amides is 1. The summed E-state index contributed by atoms with van der Waals surface area (Å²) < 4.78 is 14.5. The van der Waals surface area contributed by atoms with E-state index in [0.717, 1.165) is 24.0 Å². The minimum absolute atomic E-state index is 0.0102. The Hall–Kier alpha value is -1.85. The highest BCUT2D eigenvalue weighted by Gasteiger charge is 2.13. The van der Waals surface area contributed by atoms with Crippen LogP contribution >= 0.6 is 67.8 Å². The van der Waals surface area contributed by atoms with Crippen LogP contribution in [0.2, 0.25) is 0 Å². The first-order valence-electron chi connectivity index (χ1n) is 9.92. The fourth-order valence-corrected chi connectivity index (χ4v) is 5.37. The van der Waals surface area contributed by atoms with Crippen LogP contribution in [-0.2, 0) is 11.4 Å². The predicted molar refractivity (Wildman–Crippen MR) is 155 cm³/mol. The van der Waals surface area contributed by atoms with Gasteiger partial charge in [0.15, 0.2) is 0 Å². The fourth-order valence-electron chi connectivity index (χ4n) is 2.88. The number of rotatable bonds is 8. The van der Waals surface area contributed by atoms with Crippen LogP contribution in [0.15, 0.2) is 66.2 Å². The highest BCUT2D eigenvalue weighted by Crippen LogP contribution is 2.30. The van der Waals surface area contributed by atoms with E-state index in [1.54, 1.807) is 24.3 Å². The number of carbonyl (C=O) groups is 1. The second kappa shape index (κ2) is 12.6. The number of nitrogens with zero attached hydrogens (tertiary/aromatic N) is 1. The molecule has 0 heterocycles. The van der Waals surface area contributed by atoms with Gasteiger partial charge in [-0.25, -0.2) is 0 Å². The molecule has 0 aliphatic carbocycles. The number of ether oxygens (including phenoxy) is 2. The molecule has 1 N–H and O–H groups in total. The highest BCUT2D eigenvalue weighted by atomic mass is 127. The van der Waals surface area contributed by atoms with Gasteiger partial charge in [0.2, 0.25) is 0 Å². The lowest BCUT2D eigenvalue weighted by Gasteiger charge is -2.12. The summed E-state index contributed by atoms with van der Waals surface area (Å²) in [5, 5.41) is 12.3. The van der Waals surface area contributed by atoms with E-state index in [0.29, 0.717) is 24.7 Å². The maximum Gasteiger partial charge on any atom is 0.266 e. The molecular weight excluding hydrogens is 757 g/mol. The van der Waals surface area contributed by atoms with Crippen molar-refractivity contribution in [1.29, 1.82) is 5.26 Å². The zero-order valence-corrected chi connectivity index (χ0v) is 24.0. The minimum atomic E-state index is -0.477. The van der Waals surface area contributed by atoms with E-state index in [9.17, 15) is 10.1 Å². The quantitative estimate of drug-likeness (QED) is 0.152. The summed E-state index contributed by atoms with van der Waals surface area (Å²) in [7, 11) is 0. The molecular formula is C25H19I3N2O3. The molecule has 0 bridgehead atoms. The molecule has 3 rings (SSSR count). The molecule has 33 heavy (non-hydrogen) atoms. The van der Waals surface area contributed by atoms with Crippen molar-refractivity contribution in [2.45, 2.75) is 13.5 Å². The van der Waals surface area contributed by atoms with Gasteiger partial charge in [0, 0.05) is 15.3 Å². The zero-order valence-electron chi connectivity index (χ0n) is 17.6. The number of nitrogens with one attached hydrogen (secondary N) is 1. The molecule has 0 aliphatic rings. The Bertz CT molecular complexity index is 1200. The van der Waals surface area contributed by atoms with Crippen LogP contribution in [0.25, 0.3) is 6.08 Å². The predicted octanol–water partition coefficient (Wildman–Crippen LogP) is 7.02. The van der Waals surface area contributed by atoms with Gasteiger partial charge in [0.25, 0.3) is 5.91 Å². The van der Waals surface area contributed by atoms with E-state index < -0.39 is 5.91 Å². The van der Waals surface area contributed by atoms with Crippen LogP contribution in [0.4, 0.5) is 5.69 Å². The number of benzene rings is 3. The lowest BCUT2D eigenvalue weighted by molar-refractivity contribution is -0.112. The largest absolute Gasteiger partial charge is 0.494 e. The Balaban J connectivity index is 1.75. The molecule has 3 aromatic rings. The van der Waals surface area contributed by atoms with Crippen LogP contribution < -0.4 is 14.8 Å². The second-order valence-electron chi connectivity index (χ2n) is 6.81. The zero-order chi connectivity index (χ0) is 23.8. The maximum absolute atomic E-state index is 12.7. The van der Waals surface area contributed by atoms with E-state index >= 15 is 0 Å². The number of carbonyl (C=O) groups excluding carboxylic acids is 1. The van der Waals surface area contributed by atoms with Crippen molar-refractivity contribution in [3.8, 4) is 17.6 Å². The lowest BCUT2D eigenvalue weighted by Crippen LogP contribution is -2.13. The summed E-state index contributed by atoms with van der Waals surface area (Å²) in [6, 6.07) is 21.0. The van der Waals surface area contributed by atoms with Gasteiger partial charge in [-0.05, 0) is 128 Å². The number of anilines is 1. The van der Waals surface area contributed by atoms with E-state index in [1.165, 1.54) is 3.57 Å².